The Morgan fingerprint density at radius 3 is 2.45 bits per heavy atom. The van der Waals surface area contributed by atoms with Crippen molar-refractivity contribution in [3.05, 3.63) is 109 Å². The number of halogens is 3. The predicted molar refractivity (Wildman–Crippen MR) is 195 cm³/mol. The summed E-state index contributed by atoms with van der Waals surface area (Å²) < 4.78 is 33.2. The zero-order valence-electron chi connectivity index (χ0n) is 27.6. The van der Waals surface area contributed by atoms with Crippen LogP contribution < -0.4 is 25.1 Å². The summed E-state index contributed by atoms with van der Waals surface area (Å²) in [4.78, 5) is 31.4. The smallest absolute Gasteiger partial charge is 0.282 e. The normalized spacial score (nSPS) is 11.4. The van der Waals surface area contributed by atoms with Crippen molar-refractivity contribution in [2.45, 2.75) is 40.5 Å². The van der Waals surface area contributed by atoms with Gasteiger partial charge in [-0.25, -0.2) is 9.37 Å². The summed E-state index contributed by atoms with van der Waals surface area (Å²) in [5.74, 6) is 0.466. The molecule has 1 heterocycles. The molecule has 0 atom stereocenters. The Morgan fingerprint density at radius 1 is 1.04 bits per heavy atom. The maximum atomic E-state index is 14.0. The first-order chi connectivity index (χ1) is 23.5. The van der Waals surface area contributed by atoms with E-state index in [0.717, 1.165) is 22.4 Å². The molecule has 0 aliphatic heterocycles. The van der Waals surface area contributed by atoms with Crippen LogP contribution in [0, 0.1) is 12.7 Å². The molecule has 1 amide bonds. The second-order valence-electron chi connectivity index (χ2n) is 11.3. The molecule has 0 saturated heterocycles. The number of nitrogens with one attached hydrogen (secondary N) is 1. The summed E-state index contributed by atoms with van der Waals surface area (Å²) in [7, 11) is 0. The summed E-state index contributed by atoms with van der Waals surface area (Å²) >= 11 is 10.3. The van der Waals surface area contributed by atoms with E-state index in [2.05, 4.69) is 40.2 Å². The molecule has 0 unspecified atom stereocenters. The molecule has 5 aromatic rings. The number of para-hydroxylation sites is 2. The predicted octanol–water partition coefficient (Wildman–Crippen LogP) is 8.75. The maximum Gasteiger partial charge on any atom is 0.282 e. The molecule has 1 aromatic heterocycles. The van der Waals surface area contributed by atoms with Crippen molar-refractivity contribution in [3.63, 3.8) is 0 Å². The molecule has 0 radical (unpaired) electrons. The first-order valence-corrected chi connectivity index (χ1v) is 16.9. The molecular formula is C37H35BrClFN4O5. The van der Waals surface area contributed by atoms with Crippen molar-refractivity contribution < 1.29 is 23.4 Å². The Balaban J connectivity index is 1.56. The van der Waals surface area contributed by atoms with Gasteiger partial charge in [-0.3, -0.25) is 9.59 Å². The van der Waals surface area contributed by atoms with E-state index in [1.165, 1.54) is 29.1 Å². The van der Waals surface area contributed by atoms with E-state index in [-0.39, 0.29) is 40.3 Å². The van der Waals surface area contributed by atoms with E-state index >= 15 is 0 Å². The van der Waals surface area contributed by atoms with Crippen LogP contribution >= 0.6 is 27.5 Å². The lowest BCUT2D eigenvalue weighted by molar-refractivity contribution is -0.118. The lowest BCUT2D eigenvalue weighted by atomic mass is 9.96. The average molecular weight is 750 g/mol. The van der Waals surface area contributed by atoms with Gasteiger partial charge in [-0.15, -0.1) is 0 Å². The Kier molecular flexibility index (Phi) is 11.4. The molecule has 49 heavy (non-hydrogen) atoms. The minimum atomic E-state index is -0.591. The van der Waals surface area contributed by atoms with E-state index in [1.54, 1.807) is 37.3 Å². The van der Waals surface area contributed by atoms with Crippen LogP contribution in [0.15, 0.2) is 81.1 Å². The third kappa shape index (κ3) is 7.79. The number of carbonyl (C=O) groups is 1. The van der Waals surface area contributed by atoms with Gasteiger partial charge in [0.25, 0.3) is 11.5 Å². The maximum absolute atomic E-state index is 14.0. The van der Waals surface area contributed by atoms with Gasteiger partial charge in [0, 0.05) is 15.6 Å². The third-order valence-electron chi connectivity index (χ3n) is 7.54. The number of hydrogen-bond acceptors (Lipinski definition) is 7. The molecule has 0 aliphatic carbocycles. The number of ether oxygens (including phenoxy) is 3. The Hall–Kier alpha value is -4.74. The lowest BCUT2D eigenvalue weighted by Gasteiger charge is -2.18. The molecule has 9 nitrogen and oxygen atoms in total. The number of nitrogens with zero attached hydrogens (tertiary/aromatic N) is 3. The minimum absolute atomic E-state index is 0.0265. The minimum Gasteiger partial charge on any atom is -0.494 e. The number of hydrogen-bond donors (Lipinski definition) is 1. The fourth-order valence-corrected chi connectivity index (χ4v) is 5.83. The van der Waals surface area contributed by atoms with Crippen LogP contribution in [0.2, 0.25) is 5.02 Å². The molecule has 0 aliphatic rings. The van der Waals surface area contributed by atoms with E-state index in [9.17, 15) is 14.0 Å². The van der Waals surface area contributed by atoms with Gasteiger partial charge < -0.3 is 19.5 Å². The lowest BCUT2D eigenvalue weighted by Crippen LogP contribution is -2.21. The van der Waals surface area contributed by atoms with Gasteiger partial charge in [-0.1, -0.05) is 49.7 Å². The molecule has 4 aromatic carbocycles. The summed E-state index contributed by atoms with van der Waals surface area (Å²) in [5, 5.41) is 7.63. The van der Waals surface area contributed by atoms with Crippen LogP contribution in [0.1, 0.15) is 50.3 Å². The molecular weight excluding hydrogens is 715 g/mol. The monoisotopic (exact) mass is 748 g/mol. The van der Waals surface area contributed by atoms with Crippen molar-refractivity contribution in [2.24, 2.45) is 5.10 Å². The number of fused-ring (bicyclic) bond motifs is 1. The summed E-state index contributed by atoms with van der Waals surface area (Å²) in [6.45, 7) is 10.2. The van der Waals surface area contributed by atoms with Gasteiger partial charge in [0.15, 0.2) is 23.9 Å². The van der Waals surface area contributed by atoms with Gasteiger partial charge in [-0.2, -0.15) is 9.78 Å². The number of amides is 1. The van der Waals surface area contributed by atoms with Gasteiger partial charge >= 0.3 is 0 Å². The standard InChI is InChI=1S/C37H35BrClFN4O5/c1-6-47-30-16-22(5)26(18-25(30)21(3)4)36-43-28-14-10-8-12-24(28)37(46)44(36)41-19-23-17-31(48-7-2)35(34(39)33(23)38)49-20-32(45)42-29-15-11-9-13-27(29)40/h8-19,21H,6-7,20H2,1-5H3,(H,42,45). The highest BCUT2D eigenvalue weighted by Gasteiger charge is 2.21. The van der Waals surface area contributed by atoms with Crippen LogP contribution in [0.25, 0.3) is 22.3 Å². The quantitative estimate of drug-likeness (QED) is 0.128. The Bertz CT molecular complexity index is 2120. The van der Waals surface area contributed by atoms with E-state index in [0.29, 0.717) is 33.4 Å². The number of aryl methyl sites for hydroxylation is 1. The molecule has 0 fully saturated rings. The fraction of sp³-hybridized carbons (Fsp3) is 0.243. The number of rotatable bonds is 12. The van der Waals surface area contributed by atoms with Crippen LogP contribution in [-0.2, 0) is 4.79 Å². The molecule has 5 rings (SSSR count). The summed E-state index contributed by atoms with van der Waals surface area (Å²) in [6.07, 6.45) is 1.47. The molecule has 0 spiro atoms. The summed E-state index contributed by atoms with van der Waals surface area (Å²) in [6, 6.07) is 18.5. The molecule has 0 saturated carbocycles. The molecule has 254 valence electrons. The van der Waals surface area contributed by atoms with Crippen molar-refractivity contribution in [3.8, 4) is 28.6 Å². The zero-order chi connectivity index (χ0) is 35.2. The topological polar surface area (TPSA) is 104 Å². The average Bonchev–Trinajstić information content (AvgIpc) is 3.07. The second kappa shape index (κ2) is 15.7. The highest BCUT2D eigenvalue weighted by Crippen LogP contribution is 2.42. The molecule has 12 heteroatoms. The Labute approximate surface area is 296 Å². The van der Waals surface area contributed by atoms with Crippen molar-refractivity contribution in [1.29, 1.82) is 0 Å². The van der Waals surface area contributed by atoms with Crippen LogP contribution in [0.4, 0.5) is 10.1 Å². The van der Waals surface area contributed by atoms with Gasteiger partial charge in [0.1, 0.15) is 16.6 Å². The number of anilines is 1. The number of aromatic nitrogens is 2. The molecule has 1 N–H and O–H groups in total. The van der Waals surface area contributed by atoms with Gasteiger partial charge in [0.05, 0.1) is 36.0 Å². The van der Waals surface area contributed by atoms with E-state index in [1.807, 2.05) is 32.0 Å². The van der Waals surface area contributed by atoms with Gasteiger partial charge in [0.2, 0.25) is 0 Å². The highest BCUT2D eigenvalue weighted by atomic mass is 79.9. The first kappa shape index (κ1) is 35.6. The zero-order valence-corrected chi connectivity index (χ0v) is 30.0. The fourth-order valence-electron chi connectivity index (χ4n) is 5.18. The Morgan fingerprint density at radius 2 is 1.73 bits per heavy atom. The SMILES string of the molecule is CCOc1cc(C)c(-c2nc3ccccc3c(=O)n2N=Cc2cc(OCC)c(OCC(=O)Nc3ccccc3F)c(Cl)c2Br)cc1C(C)C. The first-order valence-electron chi connectivity index (χ1n) is 15.7. The van der Waals surface area contributed by atoms with Gasteiger partial charge in [-0.05, 0) is 96.2 Å². The largest absolute Gasteiger partial charge is 0.494 e. The summed E-state index contributed by atoms with van der Waals surface area (Å²) in [5.41, 5.74) is 3.25. The number of benzene rings is 4. The van der Waals surface area contributed by atoms with Crippen LogP contribution in [-0.4, -0.2) is 41.6 Å². The second-order valence-corrected chi connectivity index (χ2v) is 12.4. The van der Waals surface area contributed by atoms with Crippen LogP contribution in [0.5, 0.6) is 17.2 Å². The van der Waals surface area contributed by atoms with Crippen molar-refractivity contribution in [1.82, 2.24) is 9.66 Å². The van der Waals surface area contributed by atoms with Crippen LogP contribution in [0.3, 0.4) is 0 Å². The van der Waals surface area contributed by atoms with E-state index in [4.69, 9.17) is 30.8 Å². The highest BCUT2D eigenvalue weighted by molar-refractivity contribution is 9.10. The number of carbonyl (C=O) groups excluding carboxylic acids is 1. The van der Waals surface area contributed by atoms with Crippen molar-refractivity contribution in [2.75, 3.05) is 25.1 Å². The van der Waals surface area contributed by atoms with Crippen molar-refractivity contribution >= 4 is 56.2 Å². The third-order valence-corrected chi connectivity index (χ3v) is 8.98. The molecule has 0 bridgehead atoms. The van der Waals surface area contributed by atoms with E-state index < -0.39 is 18.3 Å².